The van der Waals surface area contributed by atoms with Crippen LogP contribution in [-0.4, -0.2) is 42.0 Å². The van der Waals surface area contributed by atoms with E-state index in [9.17, 15) is 8.42 Å². The Hall–Kier alpha value is -1.12. The summed E-state index contributed by atoms with van der Waals surface area (Å²) in [4.78, 5) is 2.10. The smallest absolute Gasteiger partial charge is 0.325 e. The van der Waals surface area contributed by atoms with Crippen molar-refractivity contribution in [3.05, 3.63) is 35.9 Å². The van der Waals surface area contributed by atoms with Crippen molar-refractivity contribution in [1.82, 2.24) is 4.90 Å². The predicted molar refractivity (Wildman–Crippen MR) is 89.9 cm³/mol. The van der Waals surface area contributed by atoms with Gasteiger partial charge in [-0.1, -0.05) is 47.7 Å². The number of benzene rings is 1. The highest BCUT2D eigenvalue weighted by Crippen LogP contribution is 2.21. The Labute approximate surface area is 134 Å². The molecule has 0 amide bonds. The largest absolute Gasteiger partial charge is 0.357 e. The zero-order chi connectivity index (χ0) is 15.3. The molecular weight excluding hydrogens is 328 g/mol. The number of likely N-dealkylation sites (tertiary alicyclic amines) is 1. The van der Waals surface area contributed by atoms with Gasteiger partial charge >= 0.3 is 10.1 Å². The van der Waals surface area contributed by atoms with E-state index >= 15 is 0 Å². The SMILES string of the molecule is CS(=O)(=O)O/N=C(\SC(=S)N1CCCC1)c1ccccc1. The van der Waals surface area contributed by atoms with Crippen molar-refractivity contribution >= 4 is 43.5 Å². The van der Waals surface area contributed by atoms with Gasteiger partial charge in [0.05, 0.1) is 6.26 Å². The maximum atomic E-state index is 11.1. The Bertz CT molecular complexity index is 623. The van der Waals surface area contributed by atoms with Crippen LogP contribution in [0, 0.1) is 0 Å². The van der Waals surface area contributed by atoms with Gasteiger partial charge in [-0.15, -0.1) is 0 Å². The van der Waals surface area contributed by atoms with Crippen molar-refractivity contribution in [2.45, 2.75) is 12.8 Å². The molecule has 2 rings (SSSR count). The fourth-order valence-electron chi connectivity index (χ4n) is 1.86. The third-order valence-corrected chi connectivity index (χ3v) is 4.61. The highest BCUT2D eigenvalue weighted by Gasteiger charge is 2.19. The van der Waals surface area contributed by atoms with E-state index in [2.05, 4.69) is 14.3 Å². The number of rotatable bonds is 3. The lowest BCUT2D eigenvalue weighted by molar-refractivity contribution is 0.344. The van der Waals surface area contributed by atoms with Gasteiger partial charge in [0, 0.05) is 18.7 Å². The lowest BCUT2D eigenvalue weighted by Gasteiger charge is -2.17. The first-order valence-corrected chi connectivity index (χ1v) is 9.48. The molecule has 0 aromatic heterocycles. The van der Waals surface area contributed by atoms with Crippen LogP contribution < -0.4 is 0 Å². The molecule has 21 heavy (non-hydrogen) atoms. The maximum absolute atomic E-state index is 11.1. The van der Waals surface area contributed by atoms with Crippen LogP contribution in [0.2, 0.25) is 0 Å². The second-order valence-corrected chi connectivity index (χ2v) is 7.78. The van der Waals surface area contributed by atoms with Gasteiger partial charge in [0.25, 0.3) is 0 Å². The molecule has 0 bridgehead atoms. The molecule has 0 N–H and O–H groups in total. The van der Waals surface area contributed by atoms with Crippen molar-refractivity contribution in [1.29, 1.82) is 0 Å². The Kier molecular flexibility index (Phi) is 5.60. The molecule has 1 saturated heterocycles. The summed E-state index contributed by atoms with van der Waals surface area (Å²) in [5.74, 6) is 0. The second-order valence-electron chi connectivity index (χ2n) is 4.60. The molecule has 0 spiro atoms. The first kappa shape index (κ1) is 16.3. The van der Waals surface area contributed by atoms with Gasteiger partial charge in [0.1, 0.15) is 4.32 Å². The lowest BCUT2D eigenvalue weighted by Crippen LogP contribution is -2.24. The summed E-state index contributed by atoms with van der Waals surface area (Å²) in [6.45, 7) is 1.86. The fourth-order valence-corrected chi connectivity index (χ4v) is 3.34. The summed E-state index contributed by atoms with van der Waals surface area (Å²) in [6.07, 6.45) is 3.21. The first-order chi connectivity index (χ1) is 9.96. The van der Waals surface area contributed by atoms with E-state index in [1.54, 1.807) is 0 Å². The van der Waals surface area contributed by atoms with Crippen molar-refractivity contribution < 1.29 is 12.7 Å². The van der Waals surface area contributed by atoms with Crippen LogP contribution >= 0.6 is 24.0 Å². The van der Waals surface area contributed by atoms with Gasteiger partial charge in [0.2, 0.25) is 0 Å². The topological polar surface area (TPSA) is 59.0 Å². The van der Waals surface area contributed by atoms with Crippen LogP contribution in [0.5, 0.6) is 0 Å². The number of thioether (sulfide) groups is 1. The number of nitrogens with zero attached hydrogens (tertiary/aromatic N) is 2. The average molecular weight is 344 g/mol. The zero-order valence-corrected chi connectivity index (χ0v) is 14.0. The van der Waals surface area contributed by atoms with Crippen LogP contribution in [0.25, 0.3) is 0 Å². The van der Waals surface area contributed by atoms with Crippen LogP contribution in [0.4, 0.5) is 0 Å². The molecule has 1 fully saturated rings. The average Bonchev–Trinajstić information content (AvgIpc) is 2.97. The molecule has 114 valence electrons. The molecule has 1 aliphatic rings. The van der Waals surface area contributed by atoms with Gasteiger partial charge in [-0.2, -0.15) is 8.42 Å². The van der Waals surface area contributed by atoms with Crippen molar-refractivity contribution in [3.8, 4) is 0 Å². The van der Waals surface area contributed by atoms with Crippen molar-refractivity contribution in [3.63, 3.8) is 0 Å². The molecule has 0 saturated carbocycles. The van der Waals surface area contributed by atoms with Crippen LogP contribution in [0.15, 0.2) is 35.5 Å². The third kappa shape index (κ3) is 5.29. The molecule has 8 heteroatoms. The molecular formula is C13H16N2O3S3. The highest BCUT2D eigenvalue weighted by molar-refractivity contribution is 8.33. The van der Waals surface area contributed by atoms with Crippen molar-refractivity contribution in [2.24, 2.45) is 5.16 Å². The van der Waals surface area contributed by atoms with Crippen molar-refractivity contribution in [2.75, 3.05) is 19.3 Å². The van der Waals surface area contributed by atoms with Gasteiger partial charge in [-0.3, -0.25) is 4.28 Å². The third-order valence-electron chi connectivity index (χ3n) is 2.82. The van der Waals surface area contributed by atoms with E-state index in [0.717, 1.165) is 37.8 Å². The Morgan fingerprint density at radius 3 is 2.48 bits per heavy atom. The minimum Gasteiger partial charge on any atom is -0.357 e. The molecule has 0 aliphatic carbocycles. The minimum atomic E-state index is -3.64. The van der Waals surface area contributed by atoms with E-state index in [1.807, 2.05) is 30.3 Å². The molecule has 1 aromatic carbocycles. The Balaban J connectivity index is 2.17. The Morgan fingerprint density at radius 1 is 1.29 bits per heavy atom. The van der Waals surface area contributed by atoms with E-state index < -0.39 is 10.1 Å². The van der Waals surface area contributed by atoms with E-state index in [1.165, 1.54) is 11.8 Å². The summed E-state index contributed by atoms with van der Waals surface area (Å²) in [7, 11) is -3.64. The number of thiocarbonyl (C=S) groups is 1. The lowest BCUT2D eigenvalue weighted by atomic mass is 10.2. The molecule has 0 unspecified atom stereocenters. The molecule has 0 radical (unpaired) electrons. The quantitative estimate of drug-likeness (QED) is 0.363. The monoisotopic (exact) mass is 344 g/mol. The molecule has 1 heterocycles. The number of oxime groups is 1. The van der Waals surface area contributed by atoms with Crippen LogP contribution in [-0.2, 0) is 14.4 Å². The van der Waals surface area contributed by atoms with Crippen LogP contribution in [0.1, 0.15) is 18.4 Å². The van der Waals surface area contributed by atoms with Crippen LogP contribution in [0.3, 0.4) is 0 Å². The molecule has 0 atom stereocenters. The van der Waals surface area contributed by atoms with E-state index in [4.69, 9.17) is 12.2 Å². The van der Waals surface area contributed by atoms with Gasteiger partial charge in [0.15, 0.2) is 5.04 Å². The standard InChI is InChI=1S/C13H16N2O3S3/c1-21(16,17)18-14-12(11-7-3-2-4-8-11)20-13(19)15-9-5-6-10-15/h2-4,7-8H,5-6,9-10H2,1H3/b14-12-. The summed E-state index contributed by atoms with van der Waals surface area (Å²) < 4.78 is 27.5. The van der Waals surface area contributed by atoms with E-state index in [-0.39, 0.29) is 0 Å². The summed E-state index contributed by atoms with van der Waals surface area (Å²) in [5, 5.41) is 4.20. The highest BCUT2D eigenvalue weighted by atomic mass is 32.2. The summed E-state index contributed by atoms with van der Waals surface area (Å²) in [5.41, 5.74) is 0.771. The summed E-state index contributed by atoms with van der Waals surface area (Å²) >= 11 is 6.65. The van der Waals surface area contributed by atoms with Gasteiger partial charge < -0.3 is 4.90 Å². The predicted octanol–water partition coefficient (Wildman–Crippen LogP) is 2.44. The normalized spacial score (nSPS) is 16.0. The number of hydrogen-bond acceptors (Lipinski definition) is 6. The molecule has 1 aliphatic heterocycles. The van der Waals surface area contributed by atoms with Gasteiger partial charge in [-0.05, 0) is 24.6 Å². The van der Waals surface area contributed by atoms with E-state index in [0.29, 0.717) is 9.36 Å². The van der Waals surface area contributed by atoms with Gasteiger partial charge in [-0.25, -0.2) is 0 Å². The molecule has 5 nitrogen and oxygen atoms in total. The number of hydrogen-bond donors (Lipinski definition) is 0. The minimum absolute atomic E-state index is 0.443. The Morgan fingerprint density at radius 2 is 1.90 bits per heavy atom. The first-order valence-electron chi connectivity index (χ1n) is 6.44. The zero-order valence-electron chi connectivity index (χ0n) is 11.6. The fraction of sp³-hybridized carbons (Fsp3) is 0.385. The maximum Gasteiger partial charge on any atom is 0.325 e. The molecule has 1 aromatic rings. The second kappa shape index (κ2) is 7.24. The summed E-state index contributed by atoms with van der Waals surface area (Å²) in [6, 6.07) is 9.26.